The summed E-state index contributed by atoms with van der Waals surface area (Å²) in [4.78, 5) is 15.7. The zero-order valence-corrected chi connectivity index (χ0v) is 11.4. The van der Waals surface area contributed by atoms with E-state index in [1.165, 1.54) is 19.2 Å². The highest BCUT2D eigenvalue weighted by Gasteiger charge is 2.12. The number of nitrogens with zero attached hydrogens (tertiary/aromatic N) is 2. The second-order valence-electron chi connectivity index (χ2n) is 4.67. The van der Waals surface area contributed by atoms with Crippen molar-refractivity contribution < 1.29 is 13.9 Å². The molecule has 0 spiro atoms. The third-order valence-electron chi connectivity index (χ3n) is 3.32. The fourth-order valence-electron chi connectivity index (χ4n) is 2.27. The zero-order valence-electron chi connectivity index (χ0n) is 11.4. The third kappa shape index (κ3) is 2.50. The number of imidazole rings is 1. The molecule has 0 saturated carbocycles. The SMILES string of the molecule is COC(=O)c1ccc(Cn2cnc3ccccc32)cc1F. The van der Waals surface area contributed by atoms with Gasteiger partial charge in [0, 0.05) is 6.54 Å². The van der Waals surface area contributed by atoms with Crippen molar-refractivity contribution >= 4 is 17.0 Å². The average Bonchev–Trinajstić information content (AvgIpc) is 2.90. The Bertz CT molecular complexity index is 811. The molecule has 0 atom stereocenters. The third-order valence-corrected chi connectivity index (χ3v) is 3.32. The van der Waals surface area contributed by atoms with Gasteiger partial charge < -0.3 is 9.30 Å². The van der Waals surface area contributed by atoms with Crippen molar-refractivity contribution in [3.8, 4) is 0 Å². The number of carbonyl (C=O) groups excluding carboxylic acids is 1. The fraction of sp³-hybridized carbons (Fsp3) is 0.125. The van der Waals surface area contributed by atoms with Crippen molar-refractivity contribution in [1.82, 2.24) is 9.55 Å². The highest BCUT2D eigenvalue weighted by atomic mass is 19.1. The molecule has 4 nitrogen and oxygen atoms in total. The number of halogens is 1. The van der Waals surface area contributed by atoms with Gasteiger partial charge in [-0.15, -0.1) is 0 Å². The molecule has 21 heavy (non-hydrogen) atoms. The van der Waals surface area contributed by atoms with Gasteiger partial charge in [0.05, 0.1) is 30.0 Å². The van der Waals surface area contributed by atoms with Crippen LogP contribution < -0.4 is 0 Å². The van der Waals surface area contributed by atoms with E-state index in [0.29, 0.717) is 6.54 Å². The van der Waals surface area contributed by atoms with E-state index in [1.807, 2.05) is 28.8 Å². The minimum Gasteiger partial charge on any atom is -0.465 e. The highest BCUT2D eigenvalue weighted by Crippen LogP contribution is 2.16. The van der Waals surface area contributed by atoms with Crippen molar-refractivity contribution in [3.05, 3.63) is 65.7 Å². The Labute approximate surface area is 120 Å². The van der Waals surface area contributed by atoms with Crippen LogP contribution in [0, 0.1) is 5.82 Å². The molecule has 0 bridgehead atoms. The predicted molar refractivity (Wildman–Crippen MR) is 76.6 cm³/mol. The van der Waals surface area contributed by atoms with Crippen LogP contribution in [-0.4, -0.2) is 22.6 Å². The first kappa shape index (κ1) is 13.3. The minimum absolute atomic E-state index is 0.0586. The van der Waals surface area contributed by atoms with E-state index in [-0.39, 0.29) is 5.56 Å². The number of esters is 1. The number of ether oxygens (including phenoxy) is 1. The molecule has 0 fully saturated rings. The first-order valence-corrected chi connectivity index (χ1v) is 6.45. The molecule has 1 aromatic heterocycles. The van der Waals surface area contributed by atoms with Gasteiger partial charge in [-0.05, 0) is 29.8 Å². The van der Waals surface area contributed by atoms with Crippen LogP contribution in [0.2, 0.25) is 0 Å². The van der Waals surface area contributed by atoms with Gasteiger partial charge in [-0.1, -0.05) is 18.2 Å². The molecule has 0 saturated heterocycles. The Kier molecular flexibility index (Phi) is 3.39. The lowest BCUT2D eigenvalue weighted by Crippen LogP contribution is -2.06. The number of aromatic nitrogens is 2. The molecule has 2 aromatic carbocycles. The summed E-state index contributed by atoms with van der Waals surface area (Å²) in [5.41, 5.74) is 2.57. The highest BCUT2D eigenvalue weighted by molar-refractivity contribution is 5.89. The van der Waals surface area contributed by atoms with E-state index in [4.69, 9.17) is 0 Å². The van der Waals surface area contributed by atoms with Crippen LogP contribution >= 0.6 is 0 Å². The molecule has 3 aromatic rings. The average molecular weight is 284 g/mol. The van der Waals surface area contributed by atoms with Crippen molar-refractivity contribution in [2.45, 2.75) is 6.54 Å². The van der Waals surface area contributed by atoms with Crippen LogP contribution in [0.3, 0.4) is 0 Å². The smallest absolute Gasteiger partial charge is 0.340 e. The molecule has 106 valence electrons. The van der Waals surface area contributed by atoms with Gasteiger partial charge in [-0.3, -0.25) is 0 Å². The van der Waals surface area contributed by atoms with Crippen molar-refractivity contribution in [1.29, 1.82) is 0 Å². The van der Waals surface area contributed by atoms with Crippen molar-refractivity contribution in [3.63, 3.8) is 0 Å². The summed E-state index contributed by atoms with van der Waals surface area (Å²) >= 11 is 0. The molecule has 0 unspecified atom stereocenters. The summed E-state index contributed by atoms with van der Waals surface area (Å²) in [5, 5.41) is 0. The monoisotopic (exact) mass is 284 g/mol. The maximum Gasteiger partial charge on any atom is 0.340 e. The quantitative estimate of drug-likeness (QED) is 0.694. The van der Waals surface area contributed by atoms with Crippen LogP contribution in [0.4, 0.5) is 4.39 Å². The molecule has 0 aliphatic heterocycles. The van der Waals surface area contributed by atoms with E-state index in [2.05, 4.69) is 9.72 Å². The van der Waals surface area contributed by atoms with Crippen molar-refractivity contribution in [2.75, 3.05) is 7.11 Å². The summed E-state index contributed by atoms with van der Waals surface area (Å²) in [5.74, 6) is -1.25. The molecule has 0 amide bonds. The molecule has 1 heterocycles. The van der Waals surface area contributed by atoms with Crippen LogP contribution in [0.15, 0.2) is 48.8 Å². The van der Waals surface area contributed by atoms with Gasteiger partial charge in [0.15, 0.2) is 0 Å². The lowest BCUT2D eigenvalue weighted by atomic mass is 10.1. The Balaban J connectivity index is 1.92. The summed E-state index contributed by atoms with van der Waals surface area (Å²) in [6, 6.07) is 12.2. The van der Waals surface area contributed by atoms with Gasteiger partial charge in [-0.25, -0.2) is 14.2 Å². The Morgan fingerprint density at radius 1 is 1.29 bits per heavy atom. The van der Waals surface area contributed by atoms with Gasteiger partial charge in [0.1, 0.15) is 5.82 Å². The second kappa shape index (κ2) is 5.36. The predicted octanol–water partition coefficient (Wildman–Crippen LogP) is 3.01. The first-order valence-electron chi connectivity index (χ1n) is 6.45. The van der Waals surface area contributed by atoms with Crippen LogP contribution in [0.5, 0.6) is 0 Å². The number of methoxy groups -OCH3 is 1. The van der Waals surface area contributed by atoms with Gasteiger partial charge in [0.2, 0.25) is 0 Å². The van der Waals surface area contributed by atoms with Crippen molar-refractivity contribution in [2.24, 2.45) is 0 Å². The number of hydrogen-bond donors (Lipinski definition) is 0. The molecule has 0 aliphatic carbocycles. The first-order chi connectivity index (χ1) is 10.2. The molecule has 0 N–H and O–H groups in total. The minimum atomic E-state index is -0.674. The van der Waals surface area contributed by atoms with Crippen LogP contribution in [0.25, 0.3) is 11.0 Å². The second-order valence-corrected chi connectivity index (χ2v) is 4.67. The molecule has 0 radical (unpaired) electrons. The van der Waals surface area contributed by atoms with Gasteiger partial charge in [0.25, 0.3) is 0 Å². The van der Waals surface area contributed by atoms with Gasteiger partial charge >= 0.3 is 5.97 Å². The fourth-order valence-corrected chi connectivity index (χ4v) is 2.27. The number of rotatable bonds is 3. The zero-order chi connectivity index (χ0) is 14.8. The molecule has 3 rings (SSSR count). The van der Waals surface area contributed by atoms with Gasteiger partial charge in [-0.2, -0.15) is 0 Å². The van der Waals surface area contributed by atoms with E-state index >= 15 is 0 Å². The standard InChI is InChI=1S/C16H13FN2O2/c1-21-16(20)12-7-6-11(8-13(12)17)9-19-10-18-14-4-2-3-5-15(14)19/h2-8,10H,9H2,1H3. The lowest BCUT2D eigenvalue weighted by Gasteiger charge is -2.07. The summed E-state index contributed by atoms with van der Waals surface area (Å²) in [6.45, 7) is 0.485. The molecular weight excluding hydrogens is 271 g/mol. The molecule has 5 heteroatoms. The number of para-hydroxylation sites is 2. The number of hydrogen-bond acceptors (Lipinski definition) is 3. The summed E-state index contributed by atoms with van der Waals surface area (Å²) in [6.07, 6.45) is 1.72. The van der Waals surface area contributed by atoms with Crippen LogP contribution in [0.1, 0.15) is 15.9 Å². The Hall–Kier alpha value is -2.69. The Morgan fingerprint density at radius 2 is 2.10 bits per heavy atom. The van der Waals surface area contributed by atoms with E-state index in [9.17, 15) is 9.18 Å². The summed E-state index contributed by atoms with van der Waals surface area (Å²) in [7, 11) is 1.23. The maximum atomic E-state index is 13.9. The Morgan fingerprint density at radius 3 is 2.86 bits per heavy atom. The number of benzene rings is 2. The van der Waals surface area contributed by atoms with E-state index in [0.717, 1.165) is 16.6 Å². The lowest BCUT2D eigenvalue weighted by molar-refractivity contribution is 0.0595. The maximum absolute atomic E-state index is 13.9. The normalized spacial score (nSPS) is 10.8. The molecule has 0 aliphatic rings. The largest absolute Gasteiger partial charge is 0.465 e. The number of carbonyl (C=O) groups is 1. The summed E-state index contributed by atoms with van der Waals surface area (Å²) < 4.78 is 20.4. The van der Waals surface area contributed by atoms with E-state index < -0.39 is 11.8 Å². The molecular formula is C16H13FN2O2. The van der Waals surface area contributed by atoms with Crippen LogP contribution in [-0.2, 0) is 11.3 Å². The number of fused-ring (bicyclic) bond motifs is 1. The topological polar surface area (TPSA) is 44.1 Å². The van der Waals surface area contributed by atoms with E-state index in [1.54, 1.807) is 12.4 Å².